The molecule has 0 amide bonds. The van der Waals surface area contributed by atoms with Gasteiger partial charge in [0.2, 0.25) is 0 Å². The lowest BCUT2D eigenvalue weighted by atomic mass is 9.78. The lowest BCUT2D eigenvalue weighted by Crippen LogP contribution is -2.52. The average Bonchev–Trinajstić information content (AvgIpc) is 2.20. The van der Waals surface area contributed by atoms with E-state index in [1.54, 1.807) is 0 Å². The first-order valence-corrected chi connectivity index (χ1v) is 7.49. The van der Waals surface area contributed by atoms with Gasteiger partial charge < -0.3 is 5.32 Å². The number of hydrogen-bond acceptors (Lipinski definition) is 3. The summed E-state index contributed by atoms with van der Waals surface area (Å²) < 4.78 is 0. The second-order valence-corrected chi connectivity index (χ2v) is 5.56. The Morgan fingerprint density at radius 1 is 1.47 bits per heavy atom. The van der Waals surface area contributed by atoms with E-state index < -0.39 is 0 Å². The summed E-state index contributed by atoms with van der Waals surface area (Å²) >= 11 is 1.97. The van der Waals surface area contributed by atoms with Crippen molar-refractivity contribution in [1.82, 2.24) is 10.2 Å². The van der Waals surface area contributed by atoms with Crippen LogP contribution >= 0.6 is 11.8 Å². The van der Waals surface area contributed by atoms with Crippen LogP contribution in [0.1, 0.15) is 26.2 Å². The minimum Gasteiger partial charge on any atom is -0.319 e. The topological polar surface area (TPSA) is 15.3 Å². The maximum Gasteiger partial charge on any atom is 0.0183 e. The van der Waals surface area contributed by atoms with Gasteiger partial charge in [-0.1, -0.05) is 6.92 Å². The van der Waals surface area contributed by atoms with Crippen LogP contribution in [-0.2, 0) is 0 Å². The highest BCUT2D eigenvalue weighted by molar-refractivity contribution is 7.98. The molecule has 0 aromatic carbocycles. The Balaban J connectivity index is 2.40. The van der Waals surface area contributed by atoms with E-state index in [0.717, 1.165) is 18.0 Å². The van der Waals surface area contributed by atoms with Crippen molar-refractivity contribution in [3.63, 3.8) is 0 Å². The van der Waals surface area contributed by atoms with Crippen LogP contribution in [0.5, 0.6) is 0 Å². The molecule has 3 unspecified atom stereocenters. The molecule has 1 saturated carbocycles. The maximum atomic E-state index is 3.31. The second kappa shape index (κ2) is 6.77. The van der Waals surface area contributed by atoms with Gasteiger partial charge in [0, 0.05) is 17.8 Å². The highest BCUT2D eigenvalue weighted by Gasteiger charge is 2.35. The maximum absolute atomic E-state index is 3.31. The van der Waals surface area contributed by atoms with Crippen LogP contribution in [-0.4, -0.2) is 49.6 Å². The van der Waals surface area contributed by atoms with E-state index in [-0.39, 0.29) is 0 Å². The molecule has 1 aliphatic carbocycles. The zero-order valence-corrected chi connectivity index (χ0v) is 11.4. The van der Waals surface area contributed by atoms with Gasteiger partial charge in [-0.05, 0) is 52.1 Å². The van der Waals surface area contributed by atoms with Crippen molar-refractivity contribution >= 4 is 11.8 Å². The van der Waals surface area contributed by atoms with E-state index in [4.69, 9.17) is 0 Å². The van der Waals surface area contributed by atoms with Gasteiger partial charge in [-0.15, -0.1) is 0 Å². The van der Waals surface area contributed by atoms with E-state index in [2.05, 4.69) is 37.5 Å². The van der Waals surface area contributed by atoms with Crippen molar-refractivity contribution in [1.29, 1.82) is 0 Å². The molecule has 2 nitrogen and oxygen atoms in total. The van der Waals surface area contributed by atoms with Crippen LogP contribution in [0.2, 0.25) is 0 Å². The van der Waals surface area contributed by atoms with Gasteiger partial charge in [0.05, 0.1) is 0 Å². The van der Waals surface area contributed by atoms with E-state index in [0.29, 0.717) is 0 Å². The highest BCUT2D eigenvalue weighted by Crippen LogP contribution is 2.32. The summed E-state index contributed by atoms with van der Waals surface area (Å²) in [4.78, 5) is 2.63. The molecule has 1 aliphatic rings. The molecule has 3 heteroatoms. The van der Waals surface area contributed by atoms with Crippen LogP contribution in [0, 0.1) is 5.92 Å². The Kier molecular flexibility index (Phi) is 6.02. The van der Waals surface area contributed by atoms with E-state index in [1.165, 1.54) is 31.6 Å². The van der Waals surface area contributed by atoms with Crippen molar-refractivity contribution in [2.75, 3.05) is 32.6 Å². The second-order valence-electron chi connectivity index (χ2n) is 4.65. The smallest absolute Gasteiger partial charge is 0.0183 e. The highest BCUT2D eigenvalue weighted by atomic mass is 32.2. The van der Waals surface area contributed by atoms with E-state index in [9.17, 15) is 0 Å². The zero-order chi connectivity index (χ0) is 11.3. The molecule has 0 heterocycles. The first-order valence-electron chi connectivity index (χ1n) is 6.10. The predicted molar refractivity (Wildman–Crippen MR) is 70.7 cm³/mol. The van der Waals surface area contributed by atoms with Crippen LogP contribution in [0.4, 0.5) is 0 Å². The molecule has 0 radical (unpaired) electrons. The van der Waals surface area contributed by atoms with Gasteiger partial charge in [-0.3, -0.25) is 4.90 Å². The number of rotatable bonds is 7. The first kappa shape index (κ1) is 13.3. The standard InChI is InChI=1S/C12H26N2S/c1-5-11(9-15-4)14(3)12-7-6-10(12)8-13-2/h10-13H,5-9H2,1-4H3. The third-order valence-corrected chi connectivity index (χ3v) is 4.49. The van der Waals surface area contributed by atoms with Crippen molar-refractivity contribution in [2.24, 2.45) is 5.92 Å². The van der Waals surface area contributed by atoms with Gasteiger partial charge >= 0.3 is 0 Å². The minimum atomic E-state index is 0.768. The third-order valence-electron chi connectivity index (χ3n) is 3.77. The number of nitrogens with zero attached hydrogens (tertiary/aromatic N) is 1. The zero-order valence-electron chi connectivity index (χ0n) is 10.6. The molecule has 15 heavy (non-hydrogen) atoms. The van der Waals surface area contributed by atoms with E-state index in [1.807, 2.05) is 11.8 Å². The largest absolute Gasteiger partial charge is 0.319 e. The molecule has 0 bridgehead atoms. The molecule has 0 saturated heterocycles. The monoisotopic (exact) mass is 230 g/mol. The number of nitrogens with one attached hydrogen (secondary N) is 1. The molecule has 1 fully saturated rings. The van der Waals surface area contributed by atoms with Crippen molar-refractivity contribution in [3.05, 3.63) is 0 Å². The van der Waals surface area contributed by atoms with Gasteiger partial charge in [-0.25, -0.2) is 0 Å². The van der Waals surface area contributed by atoms with Crippen LogP contribution < -0.4 is 5.32 Å². The minimum absolute atomic E-state index is 0.768. The van der Waals surface area contributed by atoms with Crippen LogP contribution in [0.25, 0.3) is 0 Å². The summed E-state index contributed by atoms with van der Waals surface area (Å²) in [6, 6.07) is 1.60. The lowest BCUT2D eigenvalue weighted by Gasteiger charge is -2.46. The van der Waals surface area contributed by atoms with Gasteiger partial charge in [0.15, 0.2) is 0 Å². The Labute approximate surface area is 99.2 Å². The predicted octanol–water partition coefficient (Wildman–Crippen LogP) is 2.06. The van der Waals surface area contributed by atoms with Gasteiger partial charge in [0.1, 0.15) is 0 Å². The SMILES string of the molecule is CCC(CSC)N(C)C1CCC1CNC. The van der Waals surface area contributed by atoms with Crippen LogP contribution in [0.15, 0.2) is 0 Å². The molecule has 1 N–H and O–H groups in total. The summed E-state index contributed by atoms with van der Waals surface area (Å²) in [6.45, 7) is 3.49. The van der Waals surface area contributed by atoms with Crippen LogP contribution in [0.3, 0.4) is 0 Å². The molecule has 90 valence electrons. The summed E-state index contributed by atoms with van der Waals surface area (Å²) in [6.07, 6.45) is 6.29. The van der Waals surface area contributed by atoms with E-state index >= 15 is 0 Å². The Hall–Kier alpha value is 0.270. The number of thioether (sulfide) groups is 1. The summed E-state index contributed by atoms with van der Waals surface area (Å²) in [5.41, 5.74) is 0. The van der Waals surface area contributed by atoms with Gasteiger partial charge in [0.25, 0.3) is 0 Å². The molecule has 0 aromatic heterocycles. The van der Waals surface area contributed by atoms with Crippen molar-refractivity contribution in [3.8, 4) is 0 Å². The van der Waals surface area contributed by atoms with Gasteiger partial charge in [-0.2, -0.15) is 11.8 Å². The fourth-order valence-corrected chi connectivity index (χ4v) is 3.43. The molecular formula is C12H26N2S. The summed E-state index contributed by atoms with van der Waals surface area (Å²) in [7, 11) is 4.38. The molecule has 0 aromatic rings. The quantitative estimate of drug-likeness (QED) is 0.721. The van der Waals surface area contributed by atoms with Crippen molar-refractivity contribution < 1.29 is 0 Å². The fourth-order valence-electron chi connectivity index (χ4n) is 2.57. The average molecular weight is 230 g/mol. The molecule has 0 spiro atoms. The van der Waals surface area contributed by atoms with Crippen molar-refractivity contribution in [2.45, 2.75) is 38.3 Å². The Morgan fingerprint density at radius 2 is 2.20 bits per heavy atom. The molecule has 0 aliphatic heterocycles. The molecular weight excluding hydrogens is 204 g/mol. The molecule has 1 rings (SSSR count). The summed E-state index contributed by atoms with van der Waals surface area (Å²) in [5, 5.41) is 3.31. The third kappa shape index (κ3) is 3.36. The fraction of sp³-hybridized carbons (Fsp3) is 1.00. The molecule has 3 atom stereocenters. The number of hydrogen-bond donors (Lipinski definition) is 1. The summed E-state index contributed by atoms with van der Waals surface area (Å²) in [5.74, 6) is 2.16. The normalized spacial score (nSPS) is 27.8. The Morgan fingerprint density at radius 3 is 2.60 bits per heavy atom. The lowest BCUT2D eigenvalue weighted by molar-refractivity contribution is 0.0566. The Bertz CT molecular complexity index is 175. The first-order chi connectivity index (χ1) is 7.24.